The second kappa shape index (κ2) is 21.3. The van der Waals surface area contributed by atoms with Crippen LogP contribution in [0, 0.1) is 0 Å². The molecule has 0 aliphatic heterocycles. The summed E-state index contributed by atoms with van der Waals surface area (Å²) in [6.07, 6.45) is 28.5. The molecule has 0 saturated heterocycles. The van der Waals surface area contributed by atoms with Crippen molar-refractivity contribution < 1.29 is 18.4 Å². The Balaban J connectivity index is 3.52. The molecule has 0 saturated carbocycles. The minimum atomic E-state index is -2.84. The first-order valence-electron chi connectivity index (χ1n) is 9.95. The number of allylic oxidation sites excluding steroid dienone is 10. The van der Waals surface area contributed by atoms with Crippen LogP contribution >= 0.6 is 7.91 Å². The maximum Gasteiger partial charge on any atom is 0.468 e. The van der Waals surface area contributed by atoms with Crippen LogP contribution in [0.15, 0.2) is 60.8 Å². The summed E-state index contributed by atoms with van der Waals surface area (Å²) >= 11 is 0. The first-order valence-corrected chi connectivity index (χ1v) is 11.0. The minimum Gasteiger partial charge on any atom is -0.354 e. The Morgan fingerprint density at radius 1 is 0.821 bits per heavy atom. The van der Waals surface area contributed by atoms with Crippen molar-refractivity contribution in [3.8, 4) is 0 Å². The number of amides is 1. The number of hydrogen-bond acceptors (Lipinski definition) is 4. The van der Waals surface area contributed by atoms with Crippen LogP contribution in [0.2, 0.25) is 0 Å². The Bertz CT molecular complexity index is 594. The molecular formula is C22H34NO4P. The Hall–Kier alpha value is -1.97. The van der Waals surface area contributed by atoms with Gasteiger partial charge in [-0.15, -0.1) is 0 Å². The lowest BCUT2D eigenvalue weighted by Gasteiger charge is -2.02. The fraction of sp³-hybridized carbons (Fsp3) is 0.500. The molecule has 0 rings (SSSR count). The number of nitrogens with one attached hydrogen (secondary N) is 1. The molecule has 28 heavy (non-hydrogen) atoms. The van der Waals surface area contributed by atoms with Crippen molar-refractivity contribution in [3.05, 3.63) is 60.8 Å². The van der Waals surface area contributed by atoms with Gasteiger partial charge in [0.1, 0.15) is 0 Å². The van der Waals surface area contributed by atoms with E-state index < -0.39 is 7.91 Å². The standard InChI is InChI=1S/C22H34NO4P/c1-2-3-4-5-6-7-8-9-10-11-12-13-14-15-16-17-18-19-22(24)23-20-21-27-28(25)26/h3-4,6-7,9-10,12-13,15-16H,2,5,8,11,14,17-21H2,1H3,(H,23,24). The van der Waals surface area contributed by atoms with E-state index in [0.29, 0.717) is 6.42 Å². The molecule has 1 amide bonds. The van der Waals surface area contributed by atoms with E-state index in [2.05, 4.69) is 77.5 Å². The summed E-state index contributed by atoms with van der Waals surface area (Å²) in [6.45, 7) is 2.34. The highest BCUT2D eigenvalue weighted by molar-refractivity contribution is 7.24. The molecule has 5 nitrogen and oxygen atoms in total. The summed E-state index contributed by atoms with van der Waals surface area (Å²) in [5, 5.41) is 2.61. The van der Waals surface area contributed by atoms with Gasteiger partial charge in [-0.2, -0.15) is 0 Å². The maximum atomic E-state index is 11.5. The predicted octanol–water partition coefficient (Wildman–Crippen LogP) is 6.13. The monoisotopic (exact) mass is 407 g/mol. The van der Waals surface area contributed by atoms with Crippen molar-refractivity contribution >= 4 is 13.8 Å². The van der Waals surface area contributed by atoms with Gasteiger partial charge >= 0.3 is 7.91 Å². The van der Waals surface area contributed by atoms with Gasteiger partial charge in [0.15, 0.2) is 0 Å². The van der Waals surface area contributed by atoms with Gasteiger partial charge in [0, 0.05) is 13.0 Å². The molecule has 0 bridgehead atoms. The molecule has 0 heterocycles. The molecule has 0 fully saturated rings. The Kier molecular flexibility index (Phi) is 19.8. The molecule has 1 N–H and O–H groups in total. The average Bonchev–Trinajstić information content (AvgIpc) is 2.67. The molecule has 6 heteroatoms. The first-order chi connectivity index (χ1) is 13.7. The second-order valence-corrected chi connectivity index (χ2v) is 6.71. The molecule has 0 aromatic heterocycles. The summed E-state index contributed by atoms with van der Waals surface area (Å²) in [5.41, 5.74) is 0. The molecular weight excluding hydrogens is 373 g/mol. The van der Waals surface area contributed by atoms with Gasteiger partial charge < -0.3 is 5.32 Å². The molecule has 0 spiro atoms. The quantitative estimate of drug-likeness (QED) is 0.179. The highest BCUT2D eigenvalue weighted by Gasteiger charge is 1.99. The van der Waals surface area contributed by atoms with Crippen molar-refractivity contribution in [3.63, 3.8) is 0 Å². The zero-order valence-corrected chi connectivity index (χ0v) is 17.8. The van der Waals surface area contributed by atoms with Crippen molar-refractivity contribution in [1.82, 2.24) is 5.32 Å². The molecule has 0 aromatic carbocycles. The van der Waals surface area contributed by atoms with Crippen molar-refractivity contribution in [2.75, 3.05) is 13.2 Å². The molecule has 0 aliphatic carbocycles. The number of hydrogen-bond donors (Lipinski definition) is 1. The smallest absolute Gasteiger partial charge is 0.354 e. The molecule has 0 unspecified atom stereocenters. The van der Waals surface area contributed by atoms with Gasteiger partial charge in [-0.3, -0.25) is 9.32 Å². The maximum absolute atomic E-state index is 11.5. The number of carbonyl (C=O) groups excluding carboxylic acids is 1. The largest absolute Gasteiger partial charge is 0.468 e. The summed E-state index contributed by atoms with van der Waals surface area (Å²) in [7, 11) is -2.84. The topological polar surface area (TPSA) is 72.5 Å². The summed E-state index contributed by atoms with van der Waals surface area (Å²) in [5.74, 6) is -0.0860. The first kappa shape index (κ1) is 26.0. The van der Waals surface area contributed by atoms with E-state index in [1.807, 2.05) is 0 Å². The molecule has 0 aliphatic rings. The number of rotatable bonds is 17. The van der Waals surface area contributed by atoms with Gasteiger partial charge in [-0.25, -0.2) is 9.13 Å². The predicted molar refractivity (Wildman–Crippen MR) is 116 cm³/mol. The number of carbonyl (C=O) groups is 1. The van der Waals surface area contributed by atoms with Gasteiger partial charge in [0.2, 0.25) is 5.91 Å². The van der Waals surface area contributed by atoms with E-state index in [1.165, 1.54) is 0 Å². The van der Waals surface area contributed by atoms with Crippen molar-refractivity contribution in [1.29, 1.82) is 0 Å². The van der Waals surface area contributed by atoms with Crippen LogP contribution in [-0.2, 0) is 18.4 Å². The zero-order valence-electron chi connectivity index (χ0n) is 16.9. The Labute approximate surface area is 170 Å². The minimum absolute atomic E-state index is 0.0147. The normalized spacial score (nSPS) is 12.3. The third-order valence-corrected chi connectivity index (χ3v) is 3.95. The van der Waals surface area contributed by atoms with E-state index in [4.69, 9.17) is 0 Å². The summed E-state index contributed by atoms with van der Waals surface area (Å²) in [4.78, 5) is 11.5. The van der Waals surface area contributed by atoms with Crippen LogP contribution in [-0.4, -0.2) is 19.1 Å². The third kappa shape index (κ3) is 22.1. The van der Waals surface area contributed by atoms with Crippen molar-refractivity contribution in [2.24, 2.45) is 0 Å². The van der Waals surface area contributed by atoms with Crippen LogP contribution < -0.4 is 5.32 Å². The summed E-state index contributed by atoms with van der Waals surface area (Å²) in [6, 6.07) is 0. The van der Waals surface area contributed by atoms with Crippen LogP contribution in [0.5, 0.6) is 0 Å². The molecule has 0 radical (unpaired) electrons. The SMILES string of the molecule is CCC=CCC=CCC=CCC=CCC=CCCCC(=O)NCCOP(=O)=O. The van der Waals surface area contributed by atoms with Crippen LogP contribution in [0.1, 0.15) is 58.3 Å². The van der Waals surface area contributed by atoms with E-state index in [1.54, 1.807) is 0 Å². The molecule has 156 valence electrons. The third-order valence-electron chi connectivity index (χ3n) is 3.55. The molecule has 0 aromatic rings. The van der Waals surface area contributed by atoms with E-state index in [0.717, 1.165) is 44.9 Å². The number of unbranched alkanes of at least 4 members (excludes halogenated alkanes) is 1. The average molecular weight is 407 g/mol. The fourth-order valence-electron chi connectivity index (χ4n) is 2.15. The second-order valence-electron chi connectivity index (χ2n) is 6.01. The van der Waals surface area contributed by atoms with Gasteiger partial charge in [-0.1, -0.05) is 67.7 Å². The Morgan fingerprint density at radius 2 is 1.32 bits per heavy atom. The van der Waals surface area contributed by atoms with Gasteiger partial charge in [0.05, 0.1) is 6.61 Å². The van der Waals surface area contributed by atoms with E-state index in [9.17, 15) is 13.9 Å². The summed E-state index contributed by atoms with van der Waals surface area (Å²) < 4.78 is 24.7. The Morgan fingerprint density at radius 3 is 1.82 bits per heavy atom. The fourth-order valence-corrected chi connectivity index (χ4v) is 2.39. The van der Waals surface area contributed by atoms with Gasteiger partial charge in [0.25, 0.3) is 0 Å². The van der Waals surface area contributed by atoms with E-state index >= 15 is 0 Å². The van der Waals surface area contributed by atoms with Crippen LogP contribution in [0.25, 0.3) is 0 Å². The lowest BCUT2D eigenvalue weighted by molar-refractivity contribution is -0.121. The van der Waals surface area contributed by atoms with E-state index in [-0.39, 0.29) is 19.1 Å². The highest BCUT2D eigenvalue weighted by Crippen LogP contribution is 2.03. The zero-order chi connectivity index (χ0) is 20.7. The van der Waals surface area contributed by atoms with Crippen molar-refractivity contribution in [2.45, 2.75) is 58.3 Å². The van der Waals surface area contributed by atoms with Gasteiger partial charge in [-0.05, 0) is 44.9 Å². The van der Waals surface area contributed by atoms with Crippen LogP contribution in [0.4, 0.5) is 0 Å². The highest BCUT2D eigenvalue weighted by atomic mass is 31.1. The lowest BCUT2D eigenvalue weighted by Crippen LogP contribution is -2.26. The van der Waals surface area contributed by atoms with Crippen LogP contribution in [0.3, 0.4) is 0 Å². The lowest BCUT2D eigenvalue weighted by atomic mass is 10.2. The molecule has 0 atom stereocenters.